The summed E-state index contributed by atoms with van der Waals surface area (Å²) in [6.07, 6.45) is 2.05. The molecule has 0 spiro atoms. The highest BCUT2D eigenvalue weighted by molar-refractivity contribution is 5.34. The Labute approximate surface area is 120 Å². The van der Waals surface area contributed by atoms with Crippen molar-refractivity contribution >= 4 is 0 Å². The Hall–Kier alpha value is -1.13. The smallest absolute Gasteiger partial charge is 0.124 e. The number of rotatable bonds is 6. The van der Waals surface area contributed by atoms with Crippen LogP contribution in [0.2, 0.25) is 0 Å². The summed E-state index contributed by atoms with van der Waals surface area (Å²) in [5.41, 5.74) is 0.810. The minimum absolute atomic E-state index is 0.163. The molecule has 1 aliphatic rings. The second-order valence-electron chi connectivity index (χ2n) is 5.93. The molecule has 0 radical (unpaired) electrons. The van der Waals surface area contributed by atoms with Crippen LogP contribution in [0, 0.1) is 11.7 Å². The zero-order valence-electron chi connectivity index (χ0n) is 12.2. The maximum absolute atomic E-state index is 13.4. The third-order valence-corrected chi connectivity index (χ3v) is 3.59. The maximum Gasteiger partial charge on any atom is 0.124 e. The molecule has 1 aromatic rings. The number of benzene rings is 1. The lowest BCUT2D eigenvalue weighted by atomic mass is 10.1. The van der Waals surface area contributed by atoms with E-state index in [1.54, 1.807) is 6.07 Å². The molecule has 112 valence electrons. The van der Waals surface area contributed by atoms with Crippen LogP contribution in [0.4, 0.5) is 4.39 Å². The standard InChI is InChI=1S/C16H24FNO2/c1-11(2)9-18-10-12-8-13(17)6-7-15(12)20-16-5-3-4-14(16)19/h6-8,11,14,16,18-19H,3-5,9-10H2,1-2H3. The second-order valence-corrected chi connectivity index (χ2v) is 5.93. The molecule has 20 heavy (non-hydrogen) atoms. The highest BCUT2D eigenvalue weighted by Gasteiger charge is 2.27. The summed E-state index contributed by atoms with van der Waals surface area (Å²) in [5.74, 6) is 0.962. The number of halogens is 1. The lowest BCUT2D eigenvalue weighted by molar-refractivity contribution is 0.0596. The molecular formula is C16H24FNO2. The SMILES string of the molecule is CC(C)CNCc1cc(F)ccc1OC1CCCC1O. The van der Waals surface area contributed by atoms with Gasteiger partial charge in [-0.05, 0) is 49.9 Å². The van der Waals surface area contributed by atoms with Gasteiger partial charge < -0.3 is 15.2 Å². The fourth-order valence-corrected chi connectivity index (χ4v) is 2.50. The summed E-state index contributed by atoms with van der Waals surface area (Å²) in [7, 11) is 0. The van der Waals surface area contributed by atoms with E-state index in [1.807, 2.05) is 0 Å². The van der Waals surface area contributed by atoms with Crippen molar-refractivity contribution in [3.05, 3.63) is 29.6 Å². The fourth-order valence-electron chi connectivity index (χ4n) is 2.50. The molecule has 0 amide bonds. The van der Waals surface area contributed by atoms with Gasteiger partial charge in [0, 0.05) is 12.1 Å². The van der Waals surface area contributed by atoms with Crippen molar-refractivity contribution in [2.45, 2.75) is 51.9 Å². The van der Waals surface area contributed by atoms with Crippen molar-refractivity contribution in [1.82, 2.24) is 5.32 Å². The number of nitrogens with one attached hydrogen (secondary N) is 1. The van der Waals surface area contributed by atoms with Crippen LogP contribution < -0.4 is 10.1 Å². The number of aliphatic hydroxyl groups excluding tert-OH is 1. The van der Waals surface area contributed by atoms with E-state index in [9.17, 15) is 9.50 Å². The van der Waals surface area contributed by atoms with Crippen LogP contribution in [0.25, 0.3) is 0 Å². The molecule has 0 bridgehead atoms. The molecule has 2 unspecified atom stereocenters. The van der Waals surface area contributed by atoms with Crippen molar-refractivity contribution < 1.29 is 14.2 Å². The van der Waals surface area contributed by atoms with Crippen LogP contribution in [0.15, 0.2) is 18.2 Å². The van der Waals surface area contributed by atoms with Crippen LogP contribution in [0.3, 0.4) is 0 Å². The topological polar surface area (TPSA) is 41.5 Å². The van der Waals surface area contributed by atoms with Crippen molar-refractivity contribution in [1.29, 1.82) is 0 Å². The summed E-state index contributed by atoms with van der Waals surface area (Å²) in [5, 5.41) is 13.1. The largest absolute Gasteiger partial charge is 0.487 e. The van der Waals surface area contributed by atoms with E-state index < -0.39 is 6.10 Å². The molecule has 2 rings (SSSR count). The van der Waals surface area contributed by atoms with Gasteiger partial charge in [-0.3, -0.25) is 0 Å². The van der Waals surface area contributed by atoms with Gasteiger partial charge in [-0.2, -0.15) is 0 Å². The van der Waals surface area contributed by atoms with Crippen LogP contribution >= 0.6 is 0 Å². The molecule has 0 aliphatic heterocycles. The third kappa shape index (κ3) is 4.18. The first-order chi connectivity index (χ1) is 9.56. The number of ether oxygens (including phenoxy) is 1. The molecule has 0 saturated heterocycles. The van der Waals surface area contributed by atoms with E-state index in [-0.39, 0.29) is 11.9 Å². The molecule has 0 heterocycles. The first-order valence-corrected chi connectivity index (χ1v) is 7.40. The molecule has 1 saturated carbocycles. The van der Waals surface area contributed by atoms with Gasteiger partial charge in [0.2, 0.25) is 0 Å². The Kier molecular flexibility index (Phi) is 5.38. The van der Waals surface area contributed by atoms with E-state index in [0.29, 0.717) is 18.2 Å². The highest BCUT2D eigenvalue weighted by Crippen LogP contribution is 2.27. The summed E-state index contributed by atoms with van der Waals surface area (Å²) in [4.78, 5) is 0. The van der Waals surface area contributed by atoms with E-state index in [1.165, 1.54) is 12.1 Å². The molecule has 3 nitrogen and oxygen atoms in total. The lowest BCUT2D eigenvalue weighted by Gasteiger charge is -2.20. The minimum Gasteiger partial charge on any atom is -0.487 e. The van der Waals surface area contributed by atoms with Gasteiger partial charge in [0.1, 0.15) is 17.7 Å². The van der Waals surface area contributed by atoms with Gasteiger partial charge in [-0.15, -0.1) is 0 Å². The van der Waals surface area contributed by atoms with Crippen LogP contribution in [0.1, 0.15) is 38.7 Å². The number of hydrogen-bond donors (Lipinski definition) is 2. The van der Waals surface area contributed by atoms with Crippen molar-refractivity contribution in [3.8, 4) is 5.75 Å². The maximum atomic E-state index is 13.4. The Morgan fingerprint density at radius 1 is 1.40 bits per heavy atom. The van der Waals surface area contributed by atoms with Crippen molar-refractivity contribution in [2.24, 2.45) is 5.92 Å². The van der Waals surface area contributed by atoms with Crippen LogP contribution in [0.5, 0.6) is 5.75 Å². The van der Waals surface area contributed by atoms with E-state index >= 15 is 0 Å². The Morgan fingerprint density at radius 2 is 2.20 bits per heavy atom. The van der Waals surface area contributed by atoms with E-state index in [4.69, 9.17) is 4.74 Å². The Bertz CT molecular complexity index is 436. The third-order valence-electron chi connectivity index (χ3n) is 3.59. The molecular weight excluding hydrogens is 257 g/mol. The van der Waals surface area contributed by atoms with Gasteiger partial charge in [0.05, 0.1) is 6.10 Å². The average molecular weight is 281 g/mol. The number of hydrogen-bond acceptors (Lipinski definition) is 3. The monoisotopic (exact) mass is 281 g/mol. The fraction of sp³-hybridized carbons (Fsp3) is 0.625. The predicted molar refractivity (Wildman–Crippen MR) is 77.2 cm³/mol. The van der Waals surface area contributed by atoms with E-state index in [2.05, 4.69) is 19.2 Å². The molecule has 2 atom stereocenters. The van der Waals surface area contributed by atoms with Gasteiger partial charge in [0.25, 0.3) is 0 Å². The Morgan fingerprint density at radius 3 is 2.85 bits per heavy atom. The van der Waals surface area contributed by atoms with Gasteiger partial charge in [-0.1, -0.05) is 13.8 Å². The quantitative estimate of drug-likeness (QED) is 0.842. The number of aliphatic hydroxyl groups is 1. The normalized spacial score (nSPS) is 22.4. The molecule has 1 aromatic carbocycles. The minimum atomic E-state index is -0.406. The molecule has 1 aliphatic carbocycles. The van der Waals surface area contributed by atoms with E-state index in [0.717, 1.165) is 31.4 Å². The van der Waals surface area contributed by atoms with Crippen molar-refractivity contribution in [2.75, 3.05) is 6.54 Å². The zero-order chi connectivity index (χ0) is 14.5. The molecule has 1 fully saturated rings. The summed E-state index contributed by atoms with van der Waals surface area (Å²) in [6.45, 7) is 5.71. The highest BCUT2D eigenvalue weighted by atomic mass is 19.1. The average Bonchev–Trinajstić information content (AvgIpc) is 2.78. The summed E-state index contributed by atoms with van der Waals surface area (Å²) < 4.78 is 19.3. The lowest BCUT2D eigenvalue weighted by Crippen LogP contribution is -2.27. The summed E-state index contributed by atoms with van der Waals surface area (Å²) in [6, 6.07) is 4.57. The summed E-state index contributed by atoms with van der Waals surface area (Å²) >= 11 is 0. The molecule has 2 N–H and O–H groups in total. The first kappa shape index (κ1) is 15.3. The zero-order valence-corrected chi connectivity index (χ0v) is 12.2. The molecule has 0 aromatic heterocycles. The second kappa shape index (κ2) is 7.04. The predicted octanol–water partition coefficient (Wildman–Crippen LogP) is 2.86. The van der Waals surface area contributed by atoms with Gasteiger partial charge >= 0.3 is 0 Å². The first-order valence-electron chi connectivity index (χ1n) is 7.40. The van der Waals surface area contributed by atoms with Crippen LogP contribution in [-0.4, -0.2) is 23.9 Å². The van der Waals surface area contributed by atoms with Gasteiger partial charge in [-0.25, -0.2) is 4.39 Å². The van der Waals surface area contributed by atoms with Crippen molar-refractivity contribution in [3.63, 3.8) is 0 Å². The molecule has 4 heteroatoms. The Balaban J connectivity index is 2.03. The van der Waals surface area contributed by atoms with Gasteiger partial charge in [0.15, 0.2) is 0 Å². The van der Waals surface area contributed by atoms with Crippen LogP contribution in [-0.2, 0) is 6.54 Å².